The summed E-state index contributed by atoms with van der Waals surface area (Å²) in [6.07, 6.45) is 0. The van der Waals surface area contributed by atoms with Crippen LogP contribution in [0.5, 0.6) is 11.5 Å². The maximum Gasteiger partial charge on any atom is 0.273 e. The van der Waals surface area contributed by atoms with Gasteiger partial charge < -0.3 is 9.47 Å². The summed E-state index contributed by atoms with van der Waals surface area (Å²) < 4.78 is 10.5. The third-order valence-corrected chi connectivity index (χ3v) is 3.76. The molecule has 0 aliphatic carbocycles. The molecule has 2 aromatic rings. The SMILES string of the molecule is COc1cccc(C(=O)NN(C(=O)c2ccccc2)C(C)(C)C)c1OC. The Balaban J connectivity index is 2.36. The molecule has 0 aliphatic rings. The Morgan fingerprint density at radius 1 is 0.923 bits per heavy atom. The monoisotopic (exact) mass is 356 g/mol. The third-order valence-electron chi connectivity index (χ3n) is 3.76. The molecule has 0 saturated carbocycles. The number of hydrazine groups is 1. The summed E-state index contributed by atoms with van der Waals surface area (Å²) in [6.45, 7) is 5.53. The molecule has 2 rings (SSSR count). The van der Waals surface area contributed by atoms with Crippen LogP contribution in [0.1, 0.15) is 41.5 Å². The lowest BCUT2D eigenvalue weighted by atomic mass is 10.1. The molecule has 0 bridgehead atoms. The smallest absolute Gasteiger partial charge is 0.273 e. The molecular formula is C20H24N2O4. The normalized spacial score (nSPS) is 10.8. The molecule has 0 aromatic heterocycles. The molecule has 0 saturated heterocycles. The van der Waals surface area contributed by atoms with Gasteiger partial charge in [-0.2, -0.15) is 0 Å². The van der Waals surface area contributed by atoms with Gasteiger partial charge in [-0.3, -0.25) is 15.0 Å². The summed E-state index contributed by atoms with van der Waals surface area (Å²) in [5.74, 6) is -0.00127. The third kappa shape index (κ3) is 4.14. The molecule has 2 amide bonds. The zero-order chi connectivity index (χ0) is 19.3. The van der Waals surface area contributed by atoms with Gasteiger partial charge in [0.15, 0.2) is 11.5 Å². The zero-order valence-electron chi connectivity index (χ0n) is 15.7. The van der Waals surface area contributed by atoms with E-state index in [4.69, 9.17) is 9.47 Å². The highest BCUT2D eigenvalue weighted by Gasteiger charge is 2.30. The van der Waals surface area contributed by atoms with Gasteiger partial charge in [0.2, 0.25) is 0 Å². The summed E-state index contributed by atoms with van der Waals surface area (Å²) in [4.78, 5) is 25.7. The summed E-state index contributed by atoms with van der Waals surface area (Å²) >= 11 is 0. The van der Waals surface area contributed by atoms with E-state index in [1.165, 1.54) is 19.2 Å². The van der Waals surface area contributed by atoms with E-state index in [2.05, 4.69) is 5.43 Å². The van der Waals surface area contributed by atoms with E-state index in [0.29, 0.717) is 17.1 Å². The predicted molar refractivity (Wildman–Crippen MR) is 99.4 cm³/mol. The fraction of sp³-hybridized carbons (Fsp3) is 0.300. The van der Waals surface area contributed by atoms with Crippen LogP contribution in [-0.4, -0.2) is 36.6 Å². The second kappa shape index (κ2) is 7.91. The van der Waals surface area contributed by atoms with E-state index in [1.54, 1.807) is 42.5 Å². The van der Waals surface area contributed by atoms with Gasteiger partial charge in [0.1, 0.15) is 0 Å². The Bertz CT molecular complexity index is 782. The number of hydrogen-bond donors (Lipinski definition) is 1. The van der Waals surface area contributed by atoms with Gasteiger partial charge in [-0.05, 0) is 45.0 Å². The largest absolute Gasteiger partial charge is 0.493 e. The molecule has 0 spiro atoms. The average Bonchev–Trinajstić information content (AvgIpc) is 2.64. The number of ether oxygens (including phenoxy) is 2. The molecule has 0 unspecified atom stereocenters. The summed E-state index contributed by atoms with van der Waals surface area (Å²) in [6, 6.07) is 13.8. The highest BCUT2D eigenvalue weighted by atomic mass is 16.5. The minimum atomic E-state index is -0.630. The van der Waals surface area contributed by atoms with Crippen molar-refractivity contribution in [2.24, 2.45) is 0 Å². The molecule has 0 fully saturated rings. The molecule has 6 heteroatoms. The van der Waals surface area contributed by atoms with Crippen LogP contribution in [0.2, 0.25) is 0 Å². The van der Waals surface area contributed by atoms with Crippen LogP contribution in [0, 0.1) is 0 Å². The number of benzene rings is 2. The quantitative estimate of drug-likeness (QED) is 0.854. The Kier molecular flexibility index (Phi) is 5.87. The zero-order valence-corrected chi connectivity index (χ0v) is 15.7. The molecule has 138 valence electrons. The maximum atomic E-state index is 12.9. The van der Waals surface area contributed by atoms with Crippen LogP contribution < -0.4 is 14.9 Å². The number of carbonyl (C=O) groups excluding carboxylic acids is 2. The van der Waals surface area contributed by atoms with E-state index >= 15 is 0 Å². The van der Waals surface area contributed by atoms with Crippen molar-refractivity contribution in [1.29, 1.82) is 0 Å². The maximum absolute atomic E-state index is 12.9. The molecule has 26 heavy (non-hydrogen) atoms. The Labute approximate surface area is 153 Å². The first-order valence-electron chi connectivity index (χ1n) is 8.21. The highest BCUT2D eigenvalue weighted by Crippen LogP contribution is 2.30. The first-order chi connectivity index (χ1) is 12.3. The number of methoxy groups -OCH3 is 2. The standard InChI is InChI=1S/C20H24N2O4/c1-20(2,3)22(19(24)14-10-7-6-8-11-14)21-18(23)15-12-9-13-16(25-4)17(15)26-5/h6-13H,1-5H3,(H,21,23). The topological polar surface area (TPSA) is 67.9 Å². The Hall–Kier alpha value is -3.02. The molecule has 2 aromatic carbocycles. The number of rotatable bonds is 4. The average molecular weight is 356 g/mol. The highest BCUT2D eigenvalue weighted by molar-refractivity contribution is 6.01. The van der Waals surface area contributed by atoms with Crippen molar-refractivity contribution in [3.63, 3.8) is 0 Å². The molecule has 0 radical (unpaired) electrons. The van der Waals surface area contributed by atoms with Crippen LogP contribution in [0.4, 0.5) is 0 Å². The molecular weight excluding hydrogens is 332 g/mol. The molecule has 1 N–H and O–H groups in total. The van der Waals surface area contributed by atoms with E-state index in [9.17, 15) is 9.59 Å². The summed E-state index contributed by atoms with van der Waals surface area (Å²) in [5.41, 5.74) is 2.84. The minimum absolute atomic E-state index is 0.280. The van der Waals surface area contributed by atoms with Crippen LogP contribution >= 0.6 is 0 Å². The Morgan fingerprint density at radius 3 is 2.12 bits per heavy atom. The van der Waals surface area contributed by atoms with Gasteiger partial charge in [-0.1, -0.05) is 24.3 Å². The molecule has 6 nitrogen and oxygen atoms in total. The van der Waals surface area contributed by atoms with Crippen molar-refractivity contribution >= 4 is 11.8 Å². The van der Waals surface area contributed by atoms with Crippen LogP contribution in [-0.2, 0) is 0 Å². The second-order valence-electron chi connectivity index (χ2n) is 6.66. The lowest BCUT2D eigenvalue weighted by Crippen LogP contribution is -2.55. The van der Waals surface area contributed by atoms with Crippen molar-refractivity contribution < 1.29 is 19.1 Å². The van der Waals surface area contributed by atoms with Crippen molar-refractivity contribution in [1.82, 2.24) is 10.4 Å². The summed E-state index contributed by atoms with van der Waals surface area (Å²) in [7, 11) is 2.96. The van der Waals surface area contributed by atoms with Crippen molar-refractivity contribution in [2.75, 3.05) is 14.2 Å². The first kappa shape index (κ1) is 19.3. The fourth-order valence-corrected chi connectivity index (χ4v) is 2.46. The van der Waals surface area contributed by atoms with Crippen LogP contribution in [0.15, 0.2) is 48.5 Å². The van der Waals surface area contributed by atoms with E-state index in [1.807, 2.05) is 26.8 Å². The van der Waals surface area contributed by atoms with Crippen molar-refractivity contribution in [3.05, 3.63) is 59.7 Å². The molecule has 0 aliphatic heterocycles. The van der Waals surface area contributed by atoms with E-state index < -0.39 is 11.4 Å². The lowest BCUT2D eigenvalue weighted by Gasteiger charge is -2.35. The van der Waals surface area contributed by atoms with Gasteiger partial charge in [0.25, 0.3) is 11.8 Å². The van der Waals surface area contributed by atoms with Gasteiger partial charge in [0.05, 0.1) is 25.3 Å². The number of hydrogen-bond acceptors (Lipinski definition) is 4. The van der Waals surface area contributed by atoms with Gasteiger partial charge in [-0.25, -0.2) is 5.01 Å². The lowest BCUT2D eigenvalue weighted by molar-refractivity contribution is 0.0357. The van der Waals surface area contributed by atoms with Crippen molar-refractivity contribution in [2.45, 2.75) is 26.3 Å². The number of nitrogens with zero attached hydrogens (tertiary/aromatic N) is 1. The number of para-hydroxylation sites is 1. The van der Waals surface area contributed by atoms with E-state index in [-0.39, 0.29) is 11.5 Å². The van der Waals surface area contributed by atoms with Crippen LogP contribution in [0.3, 0.4) is 0 Å². The van der Waals surface area contributed by atoms with Gasteiger partial charge >= 0.3 is 0 Å². The second-order valence-corrected chi connectivity index (χ2v) is 6.66. The van der Waals surface area contributed by atoms with Crippen LogP contribution in [0.25, 0.3) is 0 Å². The predicted octanol–water partition coefficient (Wildman–Crippen LogP) is 3.29. The number of carbonyl (C=O) groups is 2. The summed E-state index contributed by atoms with van der Waals surface area (Å²) in [5, 5.41) is 1.32. The molecule has 0 atom stereocenters. The number of amides is 2. The first-order valence-corrected chi connectivity index (χ1v) is 8.21. The Morgan fingerprint density at radius 2 is 1.58 bits per heavy atom. The van der Waals surface area contributed by atoms with Gasteiger partial charge in [0, 0.05) is 5.56 Å². The molecule has 0 heterocycles. The van der Waals surface area contributed by atoms with E-state index in [0.717, 1.165) is 0 Å². The van der Waals surface area contributed by atoms with Gasteiger partial charge in [-0.15, -0.1) is 0 Å². The minimum Gasteiger partial charge on any atom is -0.493 e. The number of nitrogens with one attached hydrogen (secondary N) is 1. The fourth-order valence-electron chi connectivity index (χ4n) is 2.46. The van der Waals surface area contributed by atoms with Crippen molar-refractivity contribution in [3.8, 4) is 11.5 Å².